The van der Waals surface area contributed by atoms with Crippen molar-refractivity contribution in [1.29, 1.82) is 0 Å². The Labute approximate surface area is 97.9 Å². The molecule has 0 spiro atoms. The van der Waals surface area contributed by atoms with Crippen LogP contribution in [0.4, 0.5) is 11.5 Å². The molecule has 0 aliphatic carbocycles. The minimum atomic E-state index is 0.731. The summed E-state index contributed by atoms with van der Waals surface area (Å²) in [7, 11) is 0. The zero-order valence-corrected chi connectivity index (χ0v) is 9.31. The van der Waals surface area contributed by atoms with Gasteiger partial charge >= 0.3 is 0 Å². The van der Waals surface area contributed by atoms with Gasteiger partial charge < -0.3 is 5.32 Å². The first-order valence-electron chi connectivity index (χ1n) is 5.31. The number of aromatic nitrogens is 4. The fourth-order valence-corrected chi connectivity index (χ4v) is 1.64. The molecule has 2 heterocycles. The second-order valence-electron chi connectivity index (χ2n) is 3.85. The van der Waals surface area contributed by atoms with Crippen LogP contribution in [0.1, 0.15) is 5.56 Å². The van der Waals surface area contributed by atoms with Crippen molar-refractivity contribution in [2.45, 2.75) is 6.92 Å². The van der Waals surface area contributed by atoms with E-state index < -0.39 is 0 Å². The van der Waals surface area contributed by atoms with Gasteiger partial charge in [-0.05, 0) is 19.1 Å². The molecule has 0 amide bonds. The van der Waals surface area contributed by atoms with Gasteiger partial charge in [-0.1, -0.05) is 17.7 Å². The van der Waals surface area contributed by atoms with Crippen LogP contribution in [-0.2, 0) is 0 Å². The predicted molar refractivity (Wildman–Crippen MR) is 66.1 cm³/mol. The van der Waals surface area contributed by atoms with E-state index in [1.807, 2.05) is 12.1 Å². The van der Waals surface area contributed by atoms with Crippen LogP contribution in [-0.4, -0.2) is 20.2 Å². The summed E-state index contributed by atoms with van der Waals surface area (Å²) in [5.74, 6) is 0.757. The molecular weight excluding hydrogens is 214 g/mol. The Bertz CT molecular complexity index is 641. The van der Waals surface area contributed by atoms with Gasteiger partial charge in [0.05, 0.1) is 11.6 Å². The molecule has 0 saturated carbocycles. The molecule has 0 aliphatic heterocycles. The summed E-state index contributed by atoms with van der Waals surface area (Å²) in [5, 5.41) is 10.9. The molecule has 0 bridgehead atoms. The number of nitrogens with one attached hydrogen (secondary N) is 2. The first-order valence-corrected chi connectivity index (χ1v) is 5.31. The van der Waals surface area contributed by atoms with Gasteiger partial charge in [0.1, 0.15) is 12.1 Å². The van der Waals surface area contributed by atoms with Crippen LogP contribution >= 0.6 is 0 Å². The first-order chi connectivity index (χ1) is 8.33. The highest BCUT2D eigenvalue weighted by Gasteiger charge is 2.04. The summed E-state index contributed by atoms with van der Waals surface area (Å²) in [6.07, 6.45) is 3.23. The third-order valence-electron chi connectivity index (χ3n) is 2.56. The summed E-state index contributed by atoms with van der Waals surface area (Å²) < 4.78 is 0. The Morgan fingerprint density at radius 2 is 1.94 bits per heavy atom. The lowest BCUT2D eigenvalue weighted by Gasteiger charge is -2.05. The molecular formula is C12H11N5. The monoisotopic (exact) mass is 225 g/mol. The zero-order valence-electron chi connectivity index (χ0n) is 9.31. The SMILES string of the molecule is Cc1ccc(Nc2ncnc3[nH]ncc23)cc1. The van der Waals surface area contributed by atoms with Crippen LogP contribution in [0.3, 0.4) is 0 Å². The smallest absolute Gasteiger partial charge is 0.160 e. The molecule has 5 heteroatoms. The molecule has 0 saturated heterocycles. The van der Waals surface area contributed by atoms with Crippen molar-refractivity contribution in [1.82, 2.24) is 20.2 Å². The highest BCUT2D eigenvalue weighted by Crippen LogP contribution is 2.21. The third kappa shape index (κ3) is 1.82. The third-order valence-corrected chi connectivity index (χ3v) is 2.56. The average molecular weight is 225 g/mol. The fourth-order valence-electron chi connectivity index (χ4n) is 1.64. The lowest BCUT2D eigenvalue weighted by Crippen LogP contribution is -1.94. The van der Waals surface area contributed by atoms with Crippen molar-refractivity contribution < 1.29 is 0 Å². The van der Waals surface area contributed by atoms with E-state index in [0.29, 0.717) is 0 Å². The van der Waals surface area contributed by atoms with Crippen LogP contribution in [0.5, 0.6) is 0 Å². The number of rotatable bonds is 2. The van der Waals surface area contributed by atoms with Crippen molar-refractivity contribution >= 4 is 22.5 Å². The minimum Gasteiger partial charge on any atom is -0.340 e. The molecule has 2 N–H and O–H groups in total. The summed E-state index contributed by atoms with van der Waals surface area (Å²) in [5.41, 5.74) is 2.96. The van der Waals surface area contributed by atoms with Crippen molar-refractivity contribution in [3.63, 3.8) is 0 Å². The van der Waals surface area contributed by atoms with Gasteiger partial charge in [-0.15, -0.1) is 0 Å². The zero-order chi connectivity index (χ0) is 11.7. The molecule has 84 valence electrons. The van der Waals surface area contributed by atoms with E-state index in [1.165, 1.54) is 11.9 Å². The van der Waals surface area contributed by atoms with Gasteiger partial charge in [0.15, 0.2) is 5.65 Å². The molecule has 3 rings (SSSR count). The highest BCUT2D eigenvalue weighted by molar-refractivity contribution is 5.87. The van der Waals surface area contributed by atoms with Crippen LogP contribution < -0.4 is 5.32 Å². The van der Waals surface area contributed by atoms with E-state index in [4.69, 9.17) is 0 Å². The Morgan fingerprint density at radius 1 is 1.12 bits per heavy atom. The molecule has 1 aromatic carbocycles. The standard InChI is InChI=1S/C12H11N5/c1-8-2-4-9(5-3-8)16-11-10-6-15-17-12(10)14-7-13-11/h2-7H,1H3,(H2,13,14,15,16,17). The molecule has 0 fully saturated rings. The molecule has 0 radical (unpaired) electrons. The molecule has 17 heavy (non-hydrogen) atoms. The van der Waals surface area contributed by atoms with Crippen molar-refractivity contribution in [3.8, 4) is 0 Å². The minimum absolute atomic E-state index is 0.731. The fraction of sp³-hybridized carbons (Fsp3) is 0.0833. The van der Waals surface area contributed by atoms with E-state index in [-0.39, 0.29) is 0 Å². The van der Waals surface area contributed by atoms with E-state index in [9.17, 15) is 0 Å². The lowest BCUT2D eigenvalue weighted by atomic mass is 10.2. The van der Waals surface area contributed by atoms with Crippen molar-refractivity contribution in [2.24, 2.45) is 0 Å². The molecule has 0 aliphatic rings. The number of nitrogens with zero attached hydrogens (tertiary/aromatic N) is 3. The van der Waals surface area contributed by atoms with E-state index in [0.717, 1.165) is 22.5 Å². The van der Waals surface area contributed by atoms with E-state index in [2.05, 4.69) is 44.5 Å². The van der Waals surface area contributed by atoms with Gasteiger partial charge in [0, 0.05) is 5.69 Å². The van der Waals surface area contributed by atoms with Crippen LogP contribution in [0, 0.1) is 6.92 Å². The Hall–Kier alpha value is -2.43. The topological polar surface area (TPSA) is 66.5 Å². The van der Waals surface area contributed by atoms with Gasteiger partial charge in [-0.3, -0.25) is 5.10 Å². The number of aryl methyl sites for hydroxylation is 1. The number of hydrogen-bond donors (Lipinski definition) is 2. The second-order valence-corrected chi connectivity index (χ2v) is 3.85. The van der Waals surface area contributed by atoms with E-state index >= 15 is 0 Å². The molecule has 5 nitrogen and oxygen atoms in total. The van der Waals surface area contributed by atoms with E-state index in [1.54, 1.807) is 6.20 Å². The van der Waals surface area contributed by atoms with Gasteiger partial charge in [-0.25, -0.2) is 9.97 Å². The maximum absolute atomic E-state index is 4.21. The maximum Gasteiger partial charge on any atom is 0.160 e. The first kappa shape index (κ1) is 9.77. The predicted octanol–water partition coefficient (Wildman–Crippen LogP) is 2.40. The summed E-state index contributed by atoms with van der Waals surface area (Å²) in [6, 6.07) is 8.14. The second kappa shape index (κ2) is 3.86. The van der Waals surface area contributed by atoms with Gasteiger partial charge in [0.2, 0.25) is 0 Å². The molecule has 3 aromatic rings. The summed E-state index contributed by atoms with van der Waals surface area (Å²) >= 11 is 0. The summed E-state index contributed by atoms with van der Waals surface area (Å²) in [6.45, 7) is 2.06. The number of benzene rings is 1. The number of aromatic amines is 1. The van der Waals surface area contributed by atoms with Crippen molar-refractivity contribution in [2.75, 3.05) is 5.32 Å². The maximum atomic E-state index is 4.21. The quantitative estimate of drug-likeness (QED) is 0.702. The normalized spacial score (nSPS) is 10.6. The lowest BCUT2D eigenvalue weighted by molar-refractivity contribution is 1.09. The van der Waals surface area contributed by atoms with Crippen LogP contribution in [0.15, 0.2) is 36.8 Å². The Kier molecular flexibility index (Phi) is 2.22. The summed E-state index contributed by atoms with van der Waals surface area (Å²) in [4.78, 5) is 8.30. The highest BCUT2D eigenvalue weighted by atomic mass is 15.2. The number of H-pyrrole nitrogens is 1. The molecule has 2 aromatic heterocycles. The molecule has 0 unspecified atom stereocenters. The number of anilines is 2. The van der Waals surface area contributed by atoms with Crippen molar-refractivity contribution in [3.05, 3.63) is 42.4 Å². The largest absolute Gasteiger partial charge is 0.340 e. The molecule has 0 atom stereocenters. The van der Waals surface area contributed by atoms with Crippen LogP contribution in [0.2, 0.25) is 0 Å². The van der Waals surface area contributed by atoms with Gasteiger partial charge in [0.25, 0.3) is 0 Å². The number of fused-ring (bicyclic) bond motifs is 1. The number of hydrogen-bond acceptors (Lipinski definition) is 4. The Balaban J connectivity index is 1.99. The Morgan fingerprint density at radius 3 is 2.76 bits per heavy atom. The average Bonchev–Trinajstić information content (AvgIpc) is 2.81. The van der Waals surface area contributed by atoms with Crippen LogP contribution in [0.25, 0.3) is 11.0 Å². The van der Waals surface area contributed by atoms with Gasteiger partial charge in [-0.2, -0.15) is 5.10 Å².